The van der Waals surface area contributed by atoms with E-state index in [4.69, 9.17) is 14.5 Å². The number of hydrogen-bond donors (Lipinski definition) is 0. The van der Waals surface area contributed by atoms with Gasteiger partial charge in [-0.15, -0.1) is 0 Å². The summed E-state index contributed by atoms with van der Waals surface area (Å²) in [5, 5.41) is 10.5. The van der Waals surface area contributed by atoms with Crippen LogP contribution < -0.4 is 20.0 Å². The average molecular weight is 626 g/mol. The van der Waals surface area contributed by atoms with E-state index in [1.165, 1.54) is 30.6 Å². The van der Waals surface area contributed by atoms with E-state index < -0.39 is 22.8 Å². The lowest BCUT2D eigenvalue weighted by Gasteiger charge is -2.43. The Morgan fingerprint density at radius 3 is 2.70 bits per heavy atom. The van der Waals surface area contributed by atoms with Gasteiger partial charge in [0, 0.05) is 43.5 Å². The molecule has 5 heterocycles. The van der Waals surface area contributed by atoms with Crippen molar-refractivity contribution >= 4 is 28.4 Å². The Balaban J connectivity index is 1.43. The molecule has 0 spiro atoms. The van der Waals surface area contributed by atoms with Gasteiger partial charge < -0.3 is 28.7 Å². The Morgan fingerprint density at radius 2 is 2.02 bits per heavy atom. The second kappa shape index (κ2) is 12.4. The Bertz CT molecular complexity index is 1880. The molecule has 11 nitrogen and oxygen atoms in total. The van der Waals surface area contributed by atoms with Crippen molar-refractivity contribution in [2.24, 2.45) is 0 Å². The van der Waals surface area contributed by atoms with Crippen LogP contribution in [0.25, 0.3) is 16.6 Å². The molecule has 0 bridgehead atoms. The van der Waals surface area contributed by atoms with Gasteiger partial charge in [0.25, 0.3) is 0 Å². The van der Waals surface area contributed by atoms with Gasteiger partial charge in [0.05, 0.1) is 40.8 Å². The van der Waals surface area contributed by atoms with Crippen LogP contribution in [0.5, 0.6) is 5.88 Å². The van der Waals surface area contributed by atoms with Crippen molar-refractivity contribution in [1.29, 1.82) is 5.26 Å². The van der Waals surface area contributed by atoms with Crippen LogP contribution in [0.3, 0.4) is 0 Å². The van der Waals surface area contributed by atoms with E-state index in [0.717, 1.165) is 31.7 Å². The summed E-state index contributed by atoms with van der Waals surface area (Å²) in [6.45, 7) is 6.29. The Kier molecular flexibility index (Phi) is 8.35. The maximum Gasteiger partial charge on any atom is 0.343 e. The van der Waals surface area contributed by atoms with Crippen LogP contribution in [0.1, 0.15) is 42.6 Å². The molecular formula is C34H36FN7O4. The molecule has 0 aliphatic carbocycles. The number of aromatic nitrogens is 3. The maximum atomic E-state index is 14.3. The summed E-state index contributed by atoms with van der Waals surface area (Å²) in [6, 6.07) is 12.7. The first-order valence-electron chi connectivity index (χ1n) is 15.3. The first-order chi connectivity index (χ1) is 22.1. The van der Waals surface area contributed by atoms with Gasteiger partial charge in [0.15, 0.2) is 5.82 Å². The van der Waals surface area contributed by atoms with Crippen molar-refractivity contribution in [3.05, 3.63) is 82.2 Å². The third-order valence-corrected chi connectivity index (χ3v) is 8.95. The minimum atomic E-state index is -0.739. The average Bonchev–Trinajstić information content (AvgIpc) is 3.41. The van der Waals surface area contributed by atoms with E-state index in [2.05, 4.69) is 39.8 Å². The SMILES string of the molecule is CCOC(=O)c1cn(-c2ccc(N3CC(N(C)C)C3)nc2)c2cc(N3CCCC3(C)COc3ncccc3F)c(C#N)cc2c1=O. The van der Waals surface area contributed by atoms with E-state index in [1.807, 2.05) is 19.1 Å². The molecule has 46 heavy (non-hydrogen) atoms. The van der Waals surface area contributed by atoms with Crippen LogP contribution in [0.15, 0.2) is 59.8 Å². The monoisotopic (exact) mass is 625 g/mol. The summed E-state index contributed by atoms with van der Waals surface area (Å²) in [6.07, 6.45) is 6.22. The number of likely N-dealkylation sites (N-methyl/N-ethyl adjacent to an activating group) is 1. The molecule has 2 aliphatic rings. The smallest absolute Gasteiger partial charge is 0.343 e. The molecule has 1 atom stereocenters. The summed E-state index contributed by atoms with van der Waals surface area (Å²) in [5.41, 5.74) is 0.772. The number of esters is 1. The van der Waals surface area contributed by atoms with Gasteiger partial charge in [-0.05, 0) is 77.2 Å². The highest BCUT2D eigenvalue weighted by atomic mass is 19.1. The Labute approximate surface area is 266 Å². The van der Waals surface area contributed by atoms with E-state index in [-0.39, 0.29) is 35.6 Å². The fourth-order valence-electron chi connectivity index (χ4n) is 6.20. The lowest BCUT2D eigenvalue weighted by molar-refractivity contribution is 0.0524. The zero-order chi connectivity index (χ0) is 32.6. The second-order valence-corrected chi connectivity index (χ2v) is 12.2. The number of halogens is 1. The van der Waals surface area contributed by atoms with Crippen molar-refractivity contribution in [3.63, 3.8) is 0 Å². The third-order valence-electron chi connectivity index (χ3n) is 8.95. The highest BCUT2D eigenvalue weighted by Crippen LogP contribution is 2.38. The lowest BCUT2D eigenvalue weighted by Crippen LogP contribution is -2.57. The molecule has 4 aromatic rings. The van der Waals surface area contributed by atoms with Crippen LogP contribution in [0.2, 0.25) is 0 Å². The summed E-state index contributed by atoms with van der Waals surface area (Å²) >= 11 is 0. The van der Waals surface area contributed by atoms with Crippen molar-refractivity contribution in [2.75, 3.05) is 56.7 Å². The number of carbonyl (C=O) groups excluding carboxylic acids is 1. The summed E-state index contributed by atoms with van der Waals surface area (Å²) in [5.74, 6) is -0.535. The molecule has 238 valence electrons. The molecule has 12 heteroatoms. The fourth-order valence-corrected chi connectivity index (χ4v) is 6.20. The van der Waals surface area contributed by atoms with Gasteiger partial charge >= 0.3 is 5.97 Å². The number of hydrogen-bond acceptors (Lipinski definition) is 10. The van der Waals surface area contributed by atoms with Crippen LogP contribution in [-0.4, -0.2) is 83.9 Å². The van der Waals surface area contributed by atoms with Crippen LogP contribution in [0, 0.1) is 17.1 Å². The molecule has 0 amide bonds. The molecule has 0 N–H and O–H groups in total. The molecule has 3 aromatic heterocycles. The van der Waals surface area contributed by atoms with Crippen molar-refractivity contribution in [2.45, 2.75) is 38.3 Å². The summed E-state index contributed by atoms with van der Waals surface area (Å²) in [4.78, 5) is 41.8. The molecule has 1 unspecified atom stereocenters. The van der Waals surface area contributed by atoms with Gasteiger partial charge in [-0.2, -0.15) is 5.26 Å². The van der Waals surface area contributed by atoms with Crippen molar-refractivity contribution in [3.8, 4) is 17.6 Å². The molecule has 2 aliphatic heterocycles. The van der Waals surface area contributed by atoms with Gasteiger partial charge in [0.2, 0.25) is 11.3 Å². The van der Waals surface area contributed by atoms with E-state index in [9.17, 15) is 19.2 Å². The normalized spacial score (nSPS) is 18.1. The quantitative estimate of drug-likeness (QED) is 0.251. The van der Waals surface area contributed by atoms with E-state index in [0.29, 0.717) is 29.5 Å². The Morgan fingerprint density at radius 1 is 1.22 bits per heavy atom. The minimum Gasteiger partial charge on any atom is -0.473 e. The predicted octanol–water partition coefficient (Wildman–Crippen LogP) is 4.16. The van der Waals surface area contributed by atoms with Crippen molar-refractivity contribution < 1.29 is 18.7 Å². The number of anilines is 2. The molecule has 6 rings (SSSR count). The summed E-state index contributed by atoms with van der Waals surface area (Å²) < 4.78 is 27.1. The fraction of sp³-hybridized carbons (Fsp3) is 0.382. The number of ether oxygens (including phenoxy) is 2. The standard InChI is InChI=1S/C34H36FN7O4/c1-5-45-33(44)26-20-41(23-9-10-30(38-17-23)40-18-24(19-40)39(3)4)29-15-28(22(16-36)14-25(29)31(26)43)42-13-7-11-34(42,2)21-46-32-27(35)8-6-12-37-32/h6,8-10,12,14-15,17,20,24H,5,7,11,13,18-19,21H2,1-4H3. The largest absolute Gasteiger partial charge is 0.473 e. The third kappa shape index (κ3) is 5.63. The molecule has 0 saturated carbocycles. The zero-order valence-electron chi connectivity index (χ0n) is 26.4. The maximum absolute atomic E-state index is 14.3. The van der Waals surface area contributed by atoms with Crippen LogP contribution in [-0.2, 0) is 4.74 Å². The van der Waals surface area contributed by atoms with Crippen molar-refractivity contribution in [1.82, 2.24) is 19.4 Å². The number of benzene rings is 1. The van der Waals surface area contributed by atoms with Gasteiger partial charge in [0.1, 0.15) is 24.1 Å². The molecule has 2 saturated heterocycles. The molecule has 1 aromatic carbocycles. The highest BCUT2D eigenvalue weighted by Gasteiger charge is 2.39. The molecular weight excluding hydrogens is 589 g/mol. The number of fused-ring (bicyclic) bond motifs is 1. The number of carbonyl (C=O) groups is 1. The first kappa shape index (κ1) is 31.0. The zero-order valence-corrected chi connectivity index (χ0v) is 26.4. The van der Waals surface area contributed by atoms with Gasteiger partial charge in [-0.25, -0.2) is 19.2 Å². The van der Waals surface area contributed by atoms with Gasteiger partial charge in [-0.1, -0.05) is 0 Å². The Hall–Kier alpha value is -5.02. The number of nitriles is 1. The number of nitrogens with zero attached hydrogens (tertiary/aromatic N) is 7. The van der Waals surface area contributed by atoms with E-state index in [1.54, 1.807) is 23.8 Å². The number of pyridine rings is 3. The summed E-state index contributed by atoms with van der Waals surface area (Å²) in [7, 11) is 4.12. The van der Waals surface area contributed by atoms with Gasteiger partial charge in [-0.3, -0.25) is 4.79 Å². The first-order valence-corrected chi connectivity index (χ1v) is 15.3. The predicted molar refractivity (Wildman–Crippen MR) is 172 cm³/mol. The van der Waals surface area contributed by atoms with Crippen LogP contribution >= 0.6 is 0 Å². The lowest BCUT2D eigenvalue weighted by atomic mass is 9.97. The molecule has 0 radical (unpaired) electrons. The second-order valence-electron chi connectivity index (χ2n) is 12.2. The highest BCUT2D eigenvalue weighted by molar-refractivity contribution is 5.96. The molecule has 2 fully saturated rings. The van der Waals surface area contributed by atoms with E-state index >= 15 is 0 Å². The topological polar surface area (TPSA) is 117 Å². The number of rotatable bonds is 9. The minimum absolute atomic E-state index is 0.0821. The van der Waals surface area contributed by atoms with Crippen LogP contribution in [0.4, 0.5) is 15.9 Å².